The molecule has 0 aromatic carbocycles. The molecule has 9 heteroatoms. The summed E-state index contributed by atoms with van der Waals surface area (Å²) in [6.45, 7) is 5.42. The van der Waals surface area contributed by atoms with Crippen LogP contribution < -0.4 is 4.89 Å². The average Bonchev–Trinajstić information content (AvgIpc) is 3.31. The molecule has 2 unspecified atom stereocenters. The summed E-state index contributed by atoms with van der Waals surface area (Å²) < 4.78 is 34.9. The summed E-state index contributed by atoms with van der Waals surface area (Å²) in [7, 11) is 1.35. The van der Waals surface area contributed by atoms with Crippen molar-refractivity contribution in [3.63, 3.8) is 0 Å². The fraction of sp³-hybridized carbons (Fsp3) is 0.850. The number of nitrogens with zero attached hydrogens (tertiary/aromatic N) is 1. The Balaban J connectivity index is 4.07. The van der Waals surface area contributed by atoms with Crippen molar-refractivity contribution in [2.75, 3.05) is 54.1 Å². The number of quaternary nitrogens is 1. The van der Waals surface area contributed by atoms with E-state index in [1.54, 1.807) is 0 Å². The van der Waals surface area contributed by atoms with E-state index in [9.17, 15) is 14.3 Å². The Hall–Kier alpha value is -1.54. The maximum absolute atomic E-state index is 12.8. The first-order valence-electron chi connectivity index (χ1n) is 29.4. The van der Waals surface area contributed by atoms with Crippen LogP contribution in [0.4, 0.5) is 0 Å². The van der Waals surface area contributed by atoms with Gasteiger partial charge in [0.1, 0.15) is 19.3 Å². The first-order valence-corrected chi connectivity index (χ1v) is 30.8. The Kier molecular flexibility index (Phi) is 51.6. The van der Waals surface area contributed by atoms with Crippen LogP contribution in [0, 0.1) is 0 Å². The van der Waals surface area contributed by atoms with Crippen molar-refractivity contribution in [2.45, 2.75) is 277 Å². The van der Waals surface area contributed by atoms with Crippen molar-refractivity contribution in [2.24, 2.45) is 0 Å². The maximum Gasteiger partial charge on any atom is 0.306 e. The number of phosphoric ester groups is 1. The smallest absolute Gasteiger partial charge is 0.306 e. The van der Waals surface area contributed by atoms with Crippen LogP contribution in [0.3, 0.4) is 0 Å². The van der Waals surface area contributed by atoms with Gasteiger partial charge in [0.05, 0.1) is 34.4 Å². The summed E-state index contributed by atoms with van der Waals surface area (Å²) in [6, 6.07) is 0. The van der Waals surface area contributed by atoms with Crippen LogP contribution in [-0.2, 0) is 27.9 Å². The fourth-order valence-electron chi connectivity index (χ4n) is 8.32. The van der Waals surface area contributed by atoms with Crippen molar-refractivity contribution in [3.8, 4) is 0 Å². The molecule has 0 saturated heterocycles. The number of ether oxygens (including phenoxy) is 2. The fourth-order valence-corrected chi connectivity index (χ4v) is 9.04. The van der Waals surface area contributed by atoms with Gasteiger partial charge in [0.25, 0.3) is 7.82 Å². The van der Waals surface area contributed by atoms with Crippen molar-refractivity contribution >= 4 is 13.8 Å². The molecule has 0 amide bonds. The zero-order valence-corrected chi connectivity index (χ0v) is 47.2. The van der Waals surface area contributed by atoms with E-state index in [2.05, 4.69) is 62.5 Å². The lowest BCUT2D eigenvalue weighted by atomic mass is 10.0. The van der Waals surface area contributed by atoms with Crippen LogP contribution in [0.25, 0.3) is 0 Å². The number of allylic oxidation sites excluding steroid dienone is 8. The zero-order valence-electron chi connectivity index (χ0n) is 46.3. The number of hydrogen-bond donors (Lipinski definition) is 0. The predicted molar refractivity (Wildman–Crippen MR) is 296 cm³/mol. The number of rotatable bonds is 55. The molecule has 2 atom stereocenters. The Morgan fingerprint density at radius 2 is 0.797 bits per heavy atom. The van der Waals surface area contributed by atoms with E-state index in [1.165, 1.54) is 193 Å². The Morgan fingerprint density at radius 1 is 0.449 bits per heavy atom. The lowest BCUT2D eigenvalue weighted by Gasteiger charge is -2.28. The highest BCUT2D eigenvalue weighted by Gasteiger charge is 2.20. The second kappa shape index (κ2) is 52.8. The maximum atomic E-state index is 12.8. The number of carbonyl (C=O) groups is 1. The summed E-state index contributed by atoms with van der Waals surface area (Å²) in [5.41, 5.74) is 0. The van der Waals surface area contributed by atoms with Gasteiger partial charge < -0.3 is 27.9 Å². The molecule has 69 heavy (non-hydrogen) atoms. The third kappa shape index (κ3) is 57.2. The van der Waals surface area contributed by atoms with Gasteiger partial charge in [-0.1, -0.05) is 236 Å². The summed E-state index contributed by atoms with van der Waals surface area (Å²) >= 11 is 0. The van der Waals surface area contributed by atoms with Crippen LogP contribution in [0.15, 0.2) is 48.6 Å². The largest absolute Gasteiger partial charge is 0.756 e. The van der Waals surface area contributed by atoms with Crippen molar-refractivity contribution in [1.29, 1.82) is 0 Å². The van der Waals surface area contributed by atoms with E-state index in [-0.39, 0.29) is 25.8 Å². The molecule has 0 spiro atoms. The molecular weight excluding hydrogens is 878 g/mol. The van der Waals surface area contributed by atoms with Gasteiger partial charge in [0, 0.05) is 13.0 Å². The number of hydrogen-bond acceptors (Lipinski definition) is 7. The quantitative estimate of drug-likeness (QED) is 0.0197. The van der Waals surface area contributed by atoms with Gasteiger partial charge in [0.2, 0.25) is 0 Å². The number of unbranched alkanes of at least 4 members (excludes halogenated alkanes) is 33. The zero-order chi connectivity index (χ0) is 50.5. The Labute approximate surface area is 428 Å². The molecule has 406 valence electrons. The predicted octanol–water partition coefficient (Wildman–Crippen LogP) is 18.0. The third-order valence-corrected chi connectivity index (χ3v) is 13.8. The molecule has 0 heterocycles. The minimum atomic E-state index is -4.54. The normalized spacial score (nSPS) is 13.8. The van der Waals surface area contributed by atoms with E-state index < -0.39 is 13.9 Å². The van der Waals surface area contributed by atoms with Gasteiger partial charge >= 0.3 is 5.97 Å². The first-order chi connectivity index (χ1) is 33.6. The molecule has 0 aliphatic carbocycles. The molecule has 0 aliphatic rings. The molecule has 0 saturated carbocycles. The molecule has 0 N–H and O–H groups in total. The molecule has 0 aromatic heterocycles. The van der Waals surface area contributed by atoms with Crippen molar-refractivity contribution in [1.82, 2.24) is 0 Å². The topological polar surface area (TPSA) is 94.1 Å². The van der Waals surface area contributed by atoms with Gasteiger partial charge in [-0.25, -0.2) is 0 Å². The molecule has 0 fully saturated rings. The Morgan fingerprint density at radius 3 is 1.20 bits per heavy atom. The van der Waals surface area contributed by atoms with Gasteiger partial charge in [-0.2, -0.15) is 0 Å². The molecular formula is C60H114NO7P. The second-order valence-corrected chi connectivity index (χ2v) is 22.4. The van der Waals surface area contributed by atoms with E-state index in [0.717, 1.165) is 57.8 Å². The highest BCUT2D eigenvalue weighted by molar-refractivity contribution is 7.45. The van der Waals surface area contributed by atoms with Crippen LogP contribution in [0.1, 0.15) is 271 Å². The highest BCUT2D eigenvalue weighted by atomic mass is 31.2. The summed E-state index contributed by atoms with van der Waals surface area (Å²) in [5.74, 6) is -0.343. The van der Waals surface area contributed by atoms with Crippen LogP contribution >= 0.6 is 7.82 Å². The second-order valence-electron chi connectivity index (χ2n) is 21.0. The standard InChI is InChI=1S/C60H114NO7P/c1-6-8-10-12-14-16-18-20-22-24-26-28-29-30-31-32-34-36-38-40-42-44-46-48-50-52-55-65-57-59(58-67-69(63,64)66-56-54-61(3,4)5)68-60(62)53-51-49-47-45-43-41-39-37-35-33-27-25-23-21-19-17-15-13-11-9-7-2/h19,21,24-27,35,37,59H,6-18,20,22-23,28-34,36,38-58H2,1-5H3/b21-19-,26-24-,27-25-,37-35-. The highest BCUT2D eigenvalue weighted by Crippen LogP contribution is 2.38. The van der Waals surface area contributed by atoms with E-state index in [1.807, 2.05) is 21.1 Å². The molecule has 0 aliphatic heterocycles. The number of carbonyl (C=O) groups excluding carboxylic acids is 1. The van der Waals surface area contributed by atoms with Crippen molar-refractivity contribution in [3.05, 3.63) is 48.6 Å². The van der Waals surface area contributed by atoms with E-state index >= 15 is 0 Å². The number of likely N-dealkylation sites (N-methyl/N-ethyl adjacent to an activating group) is 1. The van der Waals surface area contributed by atoms with Gasteiger partial charge in [-0.05, 0) is 77.0 Å². The SMILES string of the molecule is CCCCCCC/C=C\C/C=C\C/C=C\CCCCCCCCC(=O)OC(COCCCCCCCCCCCCCCCC/C=C\CCCCCCCCCC)COP(=O)([O-])OCC[N+](C)(C)C. The number of esters is 1. The molecule has 0 radical (unpaired) electrons. The minimum absolute atomic E-state index is 0.0231. The molecule has 0 bridgehead atoms. The summed E-state index contributed by atoms with van der Waals surface area (Å²) in [6.07, 6.45) is 67.3. The van der Waals surface area contributed by atoms with Gasteiger partial charge in [-0.3, -0.25) is 9.36 Å². The molecule has 0 rings (SSSR count). The van der Waals surface area contributed by atoms with Gasteiger partial charge in [-0.15, -0.1) is 0 Å². The van der Waals surface area contributed by atoms with Crippen LogP contribution in [0.2, 0.25) is 0 Å². The average molecular weight is 993 g/mol. The van der Waals surface area contributed by atoms with Crippen LogP contribution in [-0.4, -0.2) is 70.7 Å². The number of phosphoric acid groups is 1. The molecule has 0 aromatic rings. The lowest BCUT2D eigenvalue weighted by Crippen LogP contribution is -2.37. The third-order valence-electron chi connectivity index (χ3n) is 12.9. The monoisotopic (exact) mass is 992 g/mol. The van der Waals surface area contributed by atoms with Gasteiger partial charge in [0.15, 0.2) is 0 Å². The van der Waals surface area contributed by atoms with Crippen molar-refractivity contribution < 1.29 is 37.3 Å². The van der Waals surface area contributed by atoms with Crippen LogP contribution in [0.5, 0.6) is 0 Å². The van der Waals surface area contributed by atoms with E-state index in [4.69, 9.17) is 18.5 Å². The summed E-state index contributed by atoms with van der Waals surface area (Å²) in [4.78, 5) is 25.3. The first kappa shape index (κ1) is 67.5. The Bertz CT molecular complexity index is 1240. The lowest BCUT2D eigenvalue weighted by molar-refractivity contribution is -0.870. The van der Waals surface area contributed by atoms with E-state index in [0.29, 0.717) is 24.1 Å². The summed E-state index contributed by atoms with van der Waals surface area (Å²) in [5, 5.41) is 0. The molecule has 8 nitrogen and oxygen atoms in total. The minimum Gasteiger partial charge on any atom is -0.756 e.